The molecule has 0 unspecified atom stereocenters. The highest BCUT2D eigenvalue weighted by molar-refractivity contribution is 5.94. The molecule has 0 aliphatic rings. The third kappa shape index (κ3) is 4.45. The number of aromatic nitrogens is 1. The lowest BCUT2D eigenvalue weighted by Gasteiger charge is -2.19. The largest absolute Gasteiger partial charge is 0.352 e. The van der Waals surface area contributed by atoms with Gasteiger partial charge in [0.15, 0.2) is 0 Å². The Morgan fingerprint density at radius 2 is 1.74 bits per heavy atom. The van der Waals surface area contributed by atoms with Crippen molar-refractivity contribution in [1.82, 2.24) is 10.3 Å². The van der Waals surface area contributed by atoms with Gasteiger partial charge in [0.1, 0.15) is 0 Å². The Bertz CT molecular complexity index is 1020. The van der Waals surface area contributed by atoms with Crippen molar-refractivity contribution in [3.8, 4) is 0 Å². The molecular formula is C23H26N2O2. The molecule has 0 spiro atoms. The summed E-state index contributed by atoms with van der Waals surface area (Å²) in [7, 11) is 0. The molecule has 0 atom stereocenters. The second-order valence-corrected chi connectivity index (χ2v) is 8.05. The van der Waals surface area contributed by atoms with E-state index in [9.17, 15) is 9.59 Å². The van der Waals surface area contributed by atoms with E-state index >= 15 is 0 Å². The highest BCUT2D eigenvalue weighted by atomic mass is 16.1. The summed E-state index contributed by atoms with van der Waals surface area (Å²) in [5, 5.41) is 3.90. The van der Waals surface area contributed by atoms with Gasteiger partial charge in [0.2, 0.25) is 0 Å². The predicted octanol–water partition coefficient (Wildman–Crippen LogP) is 4.11. The molecule has 0 bridgehead atoms. The smallest absolute Gasteiger partial charge is 0.251 e. The molecule has 0 saturated heterocycles. The van der Waals surface area contributed by atoms with Crippen LogP contribution in [0, 0.1) is 6.92 Å². The fourth-order valence-corrected chi connectivity index (χ4v) is 3.08. The Morgan fingerprint density at radius 3 is 2.41 bits per heavy atom. The zero-order valence-electron chi connectivity index (χ0n) is 16.3. The number of fused-ring (bicyclic) bond motifs is 1. The molecule has 0 fully saturated rings. The van der Waals surface area contributed by atoms with Gasteiger partial charge in [-0.05, 0) is 59.5 Å². The van der Waals surface area contributed by atoms with E-state index in [0.29, 0.717) is 24.1 Å². The molecule has 27 heavy (non-hydrogen) atoms. The second-order valence-electron chi connectivity index (χ2n) is 8.05. The number of amides is 1. The van der Waals surface area contributed by atoms with Crippen LogP contribution in [0.5, 0.6) is 0 Å². The number of H-pyrrole nitrogens is 1. The van der Waals surface area contributed by atoms with E-state index in [1.54, 1.807) is 0 Å². The lowest BCUT2D eigenvalue weighted by atomic mass is 9.87. The lowest BCUT2D eigenvalue weighted by Crippen LogP contribution is -2.27. The maximum absolute atomic E-state index is 12.3. The van der Waals surface area contributed by atoms with Crippen molar-refractivity contribution in [3.63, 3.8) is 0 Å². The van der Waals surface area contributed by atoms with Crippen LogP contribution in [-0.4, -0.2) is 17.4 Å². The minimum absolute atomic E-state index is 0.0602. The van der Waals surface area contributed by atoms with Crippen LogP contribution in [0.3, 0.4) is 0 Å². The van der Waals surface area contributed by atoms with Gasteiger partial charge in [-0.2, -0.15) is 0 Å². The van der Waals surface area contributed by atoms with Crippen molar-refractivity contribution in [2.45, 2.75) is 39.5 Å². The van der Waals surface area contributed by atoms with Crippen LogP contribution in [0.25, 0.3) is 10.9 Å². The van der Waals surface area contributed by atoms with Crippen LogP contribution in [0.15, 0.2) is 53.3 Å². The second kappa shape index (κ2) is 7.39. The van der Waals surface area contributed by atoms with E-state index in [-0.39, 0.29) is 16.9 Å². The molecule has 0 aliphatic heterocycles. The van der Waals surface area contributed by atoms with Crippen LogP contribution in [0.1, 0.15) is 47.8 Å². The fraction of sp³-hybridized carbons (Fsp3) is 0.304. The molecule has 4 nitrogen and oxygen atoms in total. The molecule has 2 aromatic carbocycles. The molecule has 1 heterocycles. The summed E-state index contributed by atoms with van der Waals surface area (Å²) < 4.78 is 0. The van der Waals surface area contributed by atoms with Crippen LogP contribution in [0.2, 0.25) is 0 Å². The zero-order chi connectivity index (χ0) is 19.6. The highest BCUT2D eigenvalue weighted by Gasteiger charge is 2.14. The summed E-state index contributed by atoms with van der Waals surface area (Å²) in [5.74, 6) is -0.122. The van der Waals surface area contributed by atoms with E-state index in [1.165, 1.54) is 5.56 Å². The maximum atomic E-state index is 12.3. The Hall–Kier alpha value is -2.88. The average Bonchev–Trinajstić information content (AvgIpc) is 2.61. The molecular weight excluding hydrogens is 336 g/mol. The van der Waals surface area contributed by atoms with Crippen molar-refractivity contribution in [1.29, 1.82) is 0 Å². The topological polar surface area (TPSA) is 62.0 Å². The van der Waals surface area contributed by atoms with Crippen LogP contribution >= 0.6 is 0 Å². The van der Waals surface area contributed by atoms with Gasteiger partial charge in [0.05, 0.1) is 0 Å². The molecule has 0 radical (unpaired) electrons. The van der Waals surface area contributed by atoms with E-state index in [2.05, 4.69) is 31.1 Å². The summed E-state index contributed by atoms with van der Waals surface area (Å²) in [6, 6.07) is 15.6. The molecule has 0 aliphatic carbocycles. The minimum Gasteiger partial charge on any atom is -0.352 e. The minimum atomic E-state index is -0.122. The first-order valence-corrected chi connectivity index (χ1v) is 9.25. The van der Waals surface area contributed by atoms with Crippen molar-refractivity contribution in [2.75, 3.05) is 6.54 Å². The number of rotatable bonds is 4. The van der Waals surface area contributed by atoms with Gasteiger partial charge >= 0.3 is 0 Å². The SMILES string of the molecule is Cc1ccc2cc(CCNC(=O)c3ccc(C(C)(C)C)cc3)c(=O)[nH]c2c1. The number of aromatic amines is 1. The molecule has 3 aromatic rings. The van der Waals surface area contributed by atoms with Gasteiger partial charge in [0.25, 0.3) is 11.5 Å². The molecule has 4 heteroatoms. The summed E-state index contributed by atoms with van der Waals surface area (Å²) in [5.41, 5.74) is 4.40. The number of hydrogen-bond acceptors (Lipinski definition) is 2. The number of pyridine rings is 1. The number of benzene rings is 2. The summed E-state index contributed by atoms with van der Waals surface area (Å²) in [4.78, 5) is 27.5. The molecule has 3 rings (SSSR count). The molecule has 0 saturated carbocycles. The van der Waals surface area contributed by atoms with Crippen LogP contribution < -0.4 is 10.9 Å². The zero-order valence-corrected chi connectivity index (χ0v) is 16.3. The monoisotopic (exact) mass is 362 g/mol. The number of aryl methyl sites for hydroxylation is 1. The first kappa shape index (κ1) is 18.9. The first-order chi connectivity index (χ1) is 12.7. The third-order valence-electron chi connectivity index (χ3n) is 4.77. The van der Waals surface area contributed by atoms with Gasteiger partial charge in [-0.1, -0.05) is 45.0 Å². The van der Waals surface area contributed by atoms with Crippen molar-refractivity contribution in [2.24, 2.45) is 0 Å². The first-order valence-electron chi connectivity index (χ1n) is 9.25. The van der Waals surface area contributed by atoms with Gasteiger partial charge < -0.3 is 10.3 Å². The van der Waals surface area contributed by atoms with E-state index in [4.69, 9.17) is 0 Å². The summed E-state index contributed by atoms with van der Waals surface area (Å²) >= 11 is 0. The van der Waals surface area contributed by atoms with Crippen molar-refractivity contribution < 1.29 is 4.79 Å². The van der Waals surface area contributed by atoms with Gasteiger partial charge in [-0.15, -0.1) is 0 Å². The molecule has 140 valence electrons. The van der Waals surface area contributed by atoms with Crippen molar-refractivity contribution in [3.05, 3.63) is 81.1 Å². The van der Waals surface area contributed by atoms with Gasteiger partial charge in [0, 0.05) is 23.2 Å². The van der Waals surface area contributed by atoms with E-state index in [1.807, 2.05) is 55.5 Å². The van der Waals surface area contributed by atoms with Crippen molar-refractivity contribution >= 4 is 16.8 Å². The van der Waals surface area contributed by atoms with Gasteiger partial charge in [-0.25, -0.2) is 0 Å². The molecule has 1 amide bonds. The normalized spacial score (nSPS) is 11.6. The Balaban J connectivity index is 1.65. The predicted molar refractivity (Wildman–Crippen MR) is 110 cm³/mol. The summed E-state index contributed by atoms with van der Waals surface area (Å²) in [6.45, 7) is 8.84. The lowest BCUT2D eigenvalue weighted by molar-refractivity contribution is 0.0954. The van der Waals surface area contributed by atoms with Crippen LogP contribution in [0.4, 0.5) is 0 Å². The highest BCUT2D eigenvalue weighted by Crippen LogP contribution is 2.22. The quantitative estimate of drug-likeness (QED) is 0.734. The maximum Gasteiger partial charge on any atom is 0.251 e. The average molecular weight is 362 g/mol. The standard InChI is InChI=1S/C23H26N2O2/c1-15-5-6-17-14-18(22(27)25-20(17)13-15)11-12-24-21(26)16-7-9-19(10-8-16)23(2,3)4/h5-10,13-14H,11-12H2,1-4H3,(H,24,26)(H,25,27). The van der Waals surface area contributed by atoms with E-state index < -0.39 is 0 Å². The summed E-state index contributed by atoms with van der Waals surface area (Å²) in [6.07, 6.45) is 0.491. The fourth-order valence-electron chi connectivity index (χ4n) is 3.08. The van der Waals surface area contributed by atoms with Crippen LogP contribution in [-0.2, 0) is 11.8 Å². The number of nitrogens with one attached hydrogen (secondary N) is 2. The Labute approximate surface area is 159 Å². The van der Waals surface area contributed by atoms with E-state index in [0.717, 1.165) is 16.5 Å². The number of carbonyl (C=O) groups excluding carboxylic acids is 1. The number of carbonyl (C=O) groups is 1. The molecule has 1 aromatic heterocycles. The third-order valence-corrected chi connectivity index (χ3v) is 4.77. The number of hydrogen-bond donors (Lipinski definition) is 2. The molecule has 2 N–H and O–H groups in total. The Morgan fingerprint density at radius 1 is 1.04 bits per heavy atom. The van der Waals surface area contributed by atoms with Gasteiger partial charge in [-0.3, -0.25) is 9.59 Å². The Kier molecular flexibility index (Phi) is 5.17.